The largest absolute Gasteiger partial charge is 0.480 e. The molecule has 1 unspecified atom stereocenters. The van der Waals surface area contributed by atoms with Crippen molar-refractivity contribution in [1.29, 1.82) is 0 Å². The molecule has 0 spiro atoms. The summed E-state index contributed by atoms with van der Waals surface area (Å²) >= 11 is 0. The number of aliphatic hydroxyl groups excluding tert-OH is 1. The summed E-state index contributed by atoms with van der Waals surface area (Å²) in [6.45, 7) is -0.235. The van der Waals surface area contributed by atoms with Crippen LogP contribution in [0.2, 0.25) is 0 Å². The Morgan fingerprint density at radius 3 is 2.50 bits per heavy atom. The number of amides is 1. The average Bonchev–Trinajstić information content (AvgIpc) is 2.87. The van der Waals surface area contributed by atoms with Crippen LogP contribution >= 0.6 is 0 Å². The third-order valence-corrected chi connectivity index (χ3v) is 2.22. The Morgan fingerprint density at radius 2 is 2.07 bits per heavy atom. The molecule has 1 atom stereocenters. The molecule has 0 aromatic heterocycles. The molecule has 0 heterocycles. The second-order valence-electron chi connectivity index (χ2n) is 3.62. The van der Waals surface area contributed by atoms with E-state index in [0.717, 1.165) is 12.8 Å². The number of carboxylic acid groups (broad SMARTS) is 1. The van der Waals surface area contributed by atoms with E-state index in [-0.39, 0.29) is 18.9 Å². The third-order valence-electron chi connectivity index (χ3n) is 2.22. The first-order chi connectivity index (χ1) is 6.63. The van der Waals surface area contributed by atoms with Gasteiger partial charge in [0.05, 0.1) is 0 Å². The van der Waals surface area contributed by atoms with Crippen molar-refractivity contribution in [3.8, 4) is 0 Å². The first kappa shape index (κ1) is 11.0. The number of nitrogens with one attached hydrogen (secondary N) is 1. The molecule has 0 bridgehead atoms. The zero-order valence-electron chi connectivity index (χ0n) is 7.90. The van der Waals surface area contributed by atoms with E-state index in [1.54, 1.807) is 0 Å². The number of rotatable bonds is 6. The van der Waals surface area contributed by atoms with Crippen molar-refractivity contribution in [2.75, 3.05) is 6.61 Å². The minimum absolute atomic E-state index is 0.0613. The topological polar surface area (TPSA) is 86.6 Å². The molecular formula is C9H15NO4. The fourth-order valence-corrected chi connectivity index (χ4v) is 1.22. The van der Waals surface area contributed by atoms with Gasteiger partial charge in [0.2, 0.25) is 5.91 Å². The molecule has 5 heteroatoms. The SMILES string of the molecule is O=C(CC1CC1)NC(CCO)C(=O)O. The quantitative estimate of drug-likeness (QED) is 0.552. The summed E-state index contributed by atoms with van der Waals surface area (Å²) in [7, 11) is 0. The summed E-state index contributed by atoms with van der Waals surface area (Å²) in [5.41, 5.74) is 0. The van der Waals surface area contributed by atoms with Gasteiger partial charge in [0.15, 0.2) is 0 Å². The Balaban J connectivity index is 2.29. The van der Waals surface area contributed by atoms with E-state index in [2.05, 4.69) is 5.32 Å². The van der Waals surface area contributed by atoms with Crippen LogP contribution in [0.5, 0.6) is 0 Å². The monoisotopic (exact) mass is 201 g/mol. The van der Waals surface area contributed by atoms with Crippen molar-refractivity contribution in [3.63, 3.8) is 0 Å². The number of carbonyl (C=O) groups excluding carboxylic acids is 1. The molecule has 1 saturated carbocycles. The fraction of sp³-hybridized carbons (Fsp3) is 0.778. The van der Waals surface area contributed by atoms with Gasteiger partial charge >= 0.3 is 5.97 Å². The number of aliphatic hydroxyl groups is 1. The maximum Gasteiger partial charge on any atom is 0.326 e. The van der Waals surface area contributed by atoms with E-state index in [1.165, 1.54) is 0 Å². The summed E-state index contributed by atoms with van der Waals surface area (Å²) < 4.78 is 0. The van der Waals surface area contributed by atoms with Crippen molar-refractivity contribution < 1.29 is 19.8 Å². The van der Waals surface area contributed by atoms with Crippen LogP contribution in [0.3, 0.4) is 0 Å². The summed E-state index contributed by atoms with van der Waals surface area (Å²) in [6, 6.07) is -0.953. The Kier molecular flexibility index (Phi) is 3.88. The van der Waals surface area contributed by atoms with Gasteiger partial charge < -0.3 is 15.5 Å². The lowest BCUT2D eigenvalue weighted by Gasteiger charge is -2.12. The number of carbonyl (C=O) groups is 2. The van der Waals surface area contributed by atoms with Crippen molar-refractivity contribution in [3.05, 3.63) is 0 Å². The lowest BCUT2D eigenvalue weighted by Crippen LogP contribution is -2.41. The maximum absolute atomic E-state index is 11.2. The van der Waals surface area contributed by atoms with Crippen LogP contribution in [0, 0.1) is 5.92 Å². The van der Waals surface area contributed by atoms with Crippen molar-refractivity contribution >= 4 is 11.9 Å². The molecule has 0 saturated heterocycles. The smallest absolute Gasteiger partial charge is 0.326 e. The average molecular weight is 201 g/mol. The number of carboxylic acids is 1. The molecular weight excluding hydrogens is 186 g/mol. The predicted molar refractivity (Wildman–Crippen MR) is 48.6 cm³/mol. The molecule has 1 rings (SSSR count). The van der Waals surface area contributed by atoms with Gasteiger partial charge in [0, 0.05) is 19.4 Å². The second-order valence-corrected chi connectivity index (χ2v) is 3.62. The van der Waals surface area contributed by atoms with Crippen LogP contribution in [-0.2, 0) is 9.59 Å². The molecule has 0 aliphatic heterocycles. The Hall–Kier alpha value is -1.10. The molecule has 1 amide bonds. The third kappa shape index (κ3) is 3.74. The Bertz CT molecular complexity index is 225. The van der Waals surface area contributed by atoms with Crippen molar-refractivity contribution in [2.45, 2.75) is 31.7 Å². The second kappa shape index (κ2) is 4.95. The standard InChI is InChI=1S/C9H15NO4/c11-4-3-7(9(13)14)10-8(12)5-6-1-2-6/h6-7,11H,1-5H2,(H,10,12)(H,13,14). The summed E-state index contributed by atoms with van der Waals surface area (Å²) in [5.74, 6) is -0.880. The van der Waals surface area contributed by atoms with E-state index in [0.29, 0.717) is 12.3 Å². The molecule has 3 N–H and O–H groups in total. The number of aliphatic carboxylic acids is 1. The fourth-order valence-electron chi connectivity index (χ4n) is 1.22. The molecule has 0 aromatic rings. The first-order valence-electron chi connectivity index (χ1n) is 4.76. The van der Waals surface area contributed by atoms with Gasteiger partial charge in [-0.25, -0.2) is 4.79 Å². The number of hydrogen-bond donors (Lipinski definition) is 3. The normalized spacial score (nSPS) is 17.5. The molecule has 1 aliphatic carbocycles. The highest BCUT2D eigenvalue weighted by Gasteiger charge is 2.26. The van der Waals surface area contributed by atoms with E-state index >= 15 is 0 Å². The van der Waals surface area contributed by atoms with Gasteiger partial charge in [0.25, 0.3) is 0 Å². The summed E-state index contributed by atoms with van der Waals surface area (Å²) in [6.07, 6.45) is 2.59. The number of hydrogen-bond acceptors (Lipinski definition) is 3. The summed E-state index contributed by atoms with van der Waals surface area (Å²) in [4.78, 5) is 21.8. The minimum atomic E-state index is -1.09. The molecule has 5 nitrogen and oxygen atoms in total. The van der Waals surface area contributed by atoms with E-state index in [9.17, 15) is 9.59 Å². The summed E-state index contributed by atoms with van der Waals surface area (Å²) in [5, 5.41) is 19.6. The van der Waals surface area contributed by atoms with Gasteiger partial charge in [-0.15, -0.1) is 0 Å². The van der Waals surface area contributed by atoms with Crippen LogP contribution in [0.4, 0.5) is 0 Å². The van der Waals surface area contributed by atoms with Crippen LogP contribution in [0.25, 0.3) is 0 Å². The van der Waals surface area contributed by atoms with E-state index in [1.807, 2.05) is 0 Å². The first-order valence-corrected chi connectivity index (χ1v) is 4.76. The highest BCUT2D eigenvalue weighted by Crippen LogP contribution is 2.32. The van der Waals surface area contributed by atoms with Crippen LogP contribution in [-0.4, -0.2) is 34.7 Å². The highest BCUT2D eigenvalue weighted by atomic mass is 16.4. The van der Waals surface area contributed by atoms with Gasteiger partial charge in [-0.05, 0) is 18.8 Å². The van der Waals surface area contributed by atoms with Crippen LogP contribution < -0.4 is 5.32 Å². The molecule has 80 valence electrons. The zero-order valence-corrected chi connectivity index (χ0v) is 7.90. The zero-order chi connectivity index (χ0) is 10.6. The van der Waals surface area contributed by atoms with Crippen molar-refractivity contribution in [2.24, 2.45) is 5.92 Å². The molecule has 0 aromatic carbocycles. The van der Waals surface area contributed by atoms with Gasteiger partial charge in [0.1, 0.15) is 6.04 Å². The predicted octanol–water partition coefficient (Wildman–Crippen LogP) is -0.262. The molecule has 1 fully saturated rings. The van der Waals surface area contributed by atoms with Crippen LogP contribution in [0.15, 0.2) is 0 Å². The minimum Gasteiger partial charge on any atom is -0.480 e. The molecule has 0 radical (unpaired) electrons. The van der Waals surface area contributed by atoms with Gasteiger partial charge in [-0.1, -0.05) is 0 Å². The van der Waals surface area contributed by atoms with E-state index in [4.69, 9.17) is 10.2 Å². The molecule has 1 aliphatic rings. The van der Waals surface area contributed by atoms with Gasteiger partial charge in [-0.2, -0.15) is 0 Å². The van der Waals surface area contributed by atoms with Crippen LogP contribution in [0.1, 0.15) is 25.7 Å². The lowest BCUT2D eigenvalue weighted by molar-refractivity contribution is -0.142. The Morgan fingerprint density at radius 1 is 1.43 bits per heavy atom. The van der Waals surface area contributed by atoms with Crippen molar-refractivity contribution in [1.82, 2.24) is 5.32 Å². The van der Waals surface area contributed by atoms with Gasteiger partial charge in [-0.3, -0.25) is 4.79 Å². The lowest BCUT2D eigenvalue weighted by atomic mass is 10.2. The Labute approximate surface area is 82.1 Å². The van der Waals surface area contributed by atoms with E-state index < -0.39 is 12.0 Å². The highest BCUT2D eigenvalue weighted by molar-refractivity contribution is 5.83. The maximum atomic E-state index is 11.2. The molecule has 14 heavy (non-hydrogen) atoms.